The van der Waals surface area contributed by atoms with Gasteiger partial charge < -0.3 is 21.1 Å². The number of carbonyl (C=O) groups excluding carboxylic acids is 2. The van der Waals surface area contributed by atoms with Crippen LogP contribution in [0.3, 0.4) is 0 Å². The maximum Gasteiger partial charge on any atom is 0.263 e. The van der Waals surface area contributed by atoms with Crippen LogP contribution in [0.15, 0.2) is 11.4 Å². The van der Waals surface area contributed by atoms with Crippen molar-refractivity contribution in [2.24, 2.45) is 5.73 Å². The van der Waals surface area contributed by atoms with Crippen molar-refractivity contribution in [1.82, 2.24) is 10.6 Å². The number of amides is 2. The number of nitrogens with one attached hydrogen (secondary N) is 2. The maximum atomic E-state index is 12.1. The molecule has 1 atom stereocenters. The predicted octanol–water partition coefficient (Wildman–Crippen LogP) is -0.0608. The number of hydrogen-bond acceptors (Lipinski definition) is 5. The molecule has 0 spiro atoms. The van der Waals surface area contributed by atoms with Gasteiger partial charge in [0.1, 0.15) is 10.9 Å². The molecule has 21 heavy (non-hydrogen) atoms. The van der Waals surface area contributed by atoms with Gasteiger partial charge >= 0.3 is 0 Å². The third-order valence-electron chi connectivity index (χ3n) is 2.54. The lowest BCUT2D eigenvalue weighted by atomic mass is 10.2. The van der Waals surface area contributed by atoms with E-state index in [-0.39, 0.29) is 18.4 Å². The molecule has 2 amide bonds. The summed E-state index contributed by atoms with van der Waals surface area (Å²) in [5.74, 6) is 4.97. The molecule has 0 aliphatic rings. The molecular formula is C14H19N3O3S. The monoisotopic (exact) mass is 309 g/mol. The Morgan fingerprint density at radius 1 is 1.52 bits per heavy atom. The zero-order valence-electron chi connectivity index (χ0n) is 12.1. The molecule has 6 nitrogen and oxygen atoms in total. The average Bonchev–Trinajstić information content (AvgIpc) is 2.93. The molecule has 0 saturated heterocycles. The highest BCUT2D eigenvalue weighted by molar-refractivity contribution is 7.12. The Hall–Kier alpha value is -1.88. The molecule has 1 rings (SSSR count). The van der Waals surface area contributed by atoms with E-state index >= 15 is 0 Å². The van der Waals surface area contributed by atoms with Crippen LogP contribution in [-0.4, -0.2) is 44.7 Å². The van der Waals surface area contributed by atoms with Crippen molar-refractivity contribution in [3.63, 3.8) is 0 Å². The molecule has 1 unspecified atom stereocenters. The lowest BCUT2D eigenvalue weighted by Gasteiger charge is -2.13. The van der Waals surface area contributed by atoms with E-state index in [0.717, 1.165) is 0 Å². The second-order valence-electron chi connectivity index (χ2n) is 4.15. The molecule has 0 fully saturated rings. The summed E-state index contributed by atoms with van der Waals surface area (Å²) in [5, 5.41) is 7.09. The molecule has 0 aromatic carbocycles. The van der Waals surface area contributed by atoms with E-state index in [1.165, 1.54) is 11.3 Å². The smallest absolute Gasteiger partial charge is 0.263 e. The number of thiophene rings is 1. The largest absolute Gasteiger partial charge is 0.383 e. The van der Waals surface area contributed by atoms with Crippen LogP contribution in [0.2, 0.25) is 0 Å². The maximum absolute atomic E-state index is 12.1. The average molecular weight is 309 g/mol. The minimum Gasteiger partial charge on any atom is -0.383 e. The van der Waals surface area contributed by atoms with E-state index in [1.807, 2.05) is 0 Å². The Bertz CT molecular complexity index is 545. The summed E-state index contributed by atoms with van der Waals surface area (Å²) in [6.07, 6.45) is 0. The third kappa shape index (κ3) is 5.55. The van der Waals surface area contributed by atoms with Crippen LogP contribution in [0.25, 0.3) is 0 Å². The highest BCUT2D eigenvalue weighted by atomic mass is 32.1. The van der Waals surface area contributed by atoms with E-state index in [1.54, 1.807) is 25.5 Å². The molecule has 1 aromatic heterocycles. The van der Waals surface area contributed by atoms with Crippen molar-refractivity contribution < 1.29 is 14.3 Å². The van der Waals surface area contributed by atoms with Crippen molar-refractivity contribution in [3.8, 4) is 11.8 Å². The number of ether oxygens (including phenoxy) is 1. The Kier molecular flexibility index (Phi) is 7.46. The van der Waals surface area contributed by atoms with Gasteiger partial charge in [-0.1, -0.05) is 11.8 Å². The first-order valence-corrected chi connectivity index (χ1v) is 7.32. The van der Waals surface area contributed by atoms with E-state index in [9.17, 15) is 9.59 Å². The summed E-state index contributed by atoms with van der Waals surface area (Å²) < 4.78 is 4.84. The van der Waals surface area contributed by atoms with Gasteiger partial charge in [0.15, 0.2) is 0 Å². The normalized spacial score (nSPS) is 11.2. The van der Waals surface area contributed by atoms with Gasteiger partial charge in [0.05, 0.1) is 13.2 Å². The zero-order valence-corrected chi connectivity index (χ0v) is 12.9. The summed E-state index contributed by atoms with van der Waals surface area (Å²) in [6, 6.07) is 1.12. The van der Waals surface area contributed by atoms with E-state index in [0.29, 0.717) is 23.6 Å². The van der Waals surface area contributed by atoms with E-state index in [2.05, 4.69) is 22.5 Å². The molecule has 0 bridgehead atoms. The van der Waals surface area contributed by atoms with Crippen molar-refractivity contribution in [2.45, 2.75) is 13.0 Å². The van der Waals surface area contributed by atoms with Gasteiger partial charge in [0, 0.05) is 19.2 Å². The van der Waals surface area contributed by atoms with Gasteiger partial charge in [-0.15, -0.1) is 11.3 Å². The first-order chi connectivity index (χ1) is 10.1. The minimum atomic E-state index is -0.633. The van der Waals surface area contributed by atoms with Gasteiger partial charge in [-0.3, -0.25) is 9.59 Å². The summed E-state index contributed by atoms with van der Waals surface area (Å²) in [6.45, 7) is 2.69. The minimum absolute atomic E-state index is 0.231. The van der Waals surface area contributed by atoms with Gasteiger partial charge in [0.2, 0.25) is 5.91 Å². The van der Waals surface area contributed by atoms with Crippen LogP contribution in [0.4, 0.5) is 0 Å². The van der Waals surface area contributed by atoms with Gasteiger partial charge in [-0.2, -0.15) is 0 Å². The lowest BCUT2D eigenvalue weighted by molar-refractivity contribution is -0.122. The Balaban J connectivity index is 2.60. The number of carbonyl (C=O) groups is 2. The van der Waals surface area contributed by atoms with Crippen LogP contribution in [-0.2, 0) is 9.53 Å². The van der Waals surface area contributed by atoms with E-state index < -0.39 is 6.04 Å². The molecule has 1 heterocycles. The second kappa shape index (κ2) is 9.13. The summed E-state index contributed by atoms with van der Waals surface area (Å²) >= 11 is 1.28. The molecular weight excluding hydrogens is 290 g/mol. The van der Waals surface area contributed by atoms with Crippen LogP contribution >= 0.6 is 11.3 Å². The fourth-order valence-corrected chi connectivity index (χ4v) is 2.24. The van der Waals surface area contributed by atoms with Crippen LogP contribution in [0.1, 0.15) is 22.2 Å². The van der Waals surface area contributed by atoms with Crippen molar-refractivity contribution in [3.05, 3.63) is 21.9 Å². The molecule has 0 aliphatic carbocycles. The highest BCUT2D eigenvalue weighted by Gasteiger charge is 2.18. The van der Waals surface area contributed by atoms with E-state index in [4.69, 9.17) is 10.5 Å². The fourth-order valence-electron chi connectivity index (χ4n) is 1.49. The van der Waals surface area contributed by atoms with Gasteiger partial charge in [0.25, 0.3) is 5.91 Å². The first-order valence-electron chi connectivity index (χ1n) is 6.44. The molecule has 114 valence electrons. The third-order valence-corrected chi connectivity index (χ3v) is 3.46. The topological polar surface area (TPSA) is 93.5 Å². The van der Waals surface area contributed by atoms with Crippen LogP contribution < -0.4 is 16.4 Å². The molecule has 0 radical (unpaired) electrons. The van der Waals surface area contributed by atoms with Gasteiger partial charge in [-0.05, 0) is 18.4 Å². The lowest BCUT2D eigenvalue weighted by Crippen LogP contribution is -2.45. The number of nitrogens with two attached hydrogens (primary N) is 1. The highest BCUT2D eigenvalue weighted by Crippen LogP contribution is 2.15. The van der Waals surface area contributed by atoms with Crippen molar-refractivity contribution >= 4 is 23.2 Å². The quantitative estimate of drug-likeness (QED) is 0.507. The Morgan fingerprint density at radius 3 is 2.95 bits per heavy atom. The van der Waals surface area contributed by atoms with Crippen molar-refractivity contribution in [1.29, 1.82) is 0 Å². The molecule has 0 saturated carbocycles. The standard InChI is InChI=1S/C14H19N3O3S/c1-10(13(18)16-7-8-20-2)17-14(19)12-11(4-3-6-15)5-9-21-12/h5,9-10H,6-8,15H2,1-2H3,(H,16,18)(H,17,19). The first kappa shape index (κ1) is 17.2. The molecule has 0 aliphatic heterocycles. The fraction of sp³-hybridized carbons (Fsp3) is 0.429. The van der Waals surface area contributed by atoms with Crippen molar-refractivity contribution in [2.75, 3.05) is 26.8 Å². The van der Waals surface area contributed by atoms with Crippen LogP contribution in [0.5, 0.6) is 0 Å². The SMILES string of the molecule is COCCNC(=O)C(C)NC(=O)c1sccc1C#CCN. The molecule has 1 aromatic rings. The zero-order chi connectivity index (χ0) is 15.7. The summed E-state index contributed by atoms with van der Waals surface area (Å²) in [7, 11) is 1.55. The number of hydrogen-bond donors (Lipinski definition) is 3. The molecule has 7 heteroatoms. The summed E-state index contributed by atoms with van der Waals surface area (Å²) in [5.41, 5.74) is 5.94. The number of methoxy groups -OCH3 is 1. The number of rotatable bonds is 6. The van der Waals surface area contributed by atoms with Crippen LogP contribution in [0, 0.1) is 11.8 Å². The predicted molar refractivity (Wildman–Crippen MR) is 82.1 cm³/mol. The summed E-state index contributed by atoms with van der Waals surface area (Å²) in [4.78, 5) is 24.4. The Morgan fingerprint density at radius 2 is 2.29 bits per heavy atom. The van der Waals surface area contributed by atoms with Gasteiger partial charge in [-0.25, -0.2) is 0 Å². The second-order valence-corrected chi connectivity index (χ2v) is 5.06. The Labute approximate surface area is 128 Å². The molecule has 4 N–H and O–H groups in total.